The quantitative estimate of drug-likeness (QED) is 0.395. The topological polar surface area (TPSA) is 73.1 Å². The number of hydrogen-bond donors (Lipinski definition) is 2. The number of rotatable bonds is 6. The second-order valence-corrected chi connectivity index (χ2v) is 10.2. The summed E-state index contributed by atoms with van der Waals surface area (Å²) < 4.78 is 33.3. The number of fused-ring (bicyclic) bond motifs is 2. The number of benzene rings is 2. The van der Waals surface area contributed by atoms with Gasteiger partial charge in [-0.25, -0.2) is 13.8 Å². The molecule has 1 atom stereocenters. The number of H-pyrrole nitrogens is 2. The van der Waals surface area contributed by atoms with Crippen LogP contribution in [0.4, 0.5) is 8.78 Å². The van der Waals surface area contributed by atoms with Crippen molar-refractivity contribution < 1.29 is 13.5 Å². The van der Waals surface area contributed by atoms with Gasteiger partial charge < -0.3 is 14.6 Å². The number of nitrogens with one attached hydrogen (secondary N) is 2. The zero-order chi connectivity index (χ0) is 24.8. The largest absolute Gasteiger partial charge is 0.486 e. The molecule has 7 nitrogen and oxygen atoms in total. The Balaban J connectivity index is 1.17. The van der Waals surface area contributed by atoms with Crippen LogP contribution < -0.4 is 4.74 Å². The predicted molar refractivity (Wildman–Crippen MR) is 133 cm³/mol. The van der Waals surface area contributed by atoms with Gasteiger partial charge in [-0.3, -0.25) is 10.00 Å². The molecule has 9 heteroatoms. The van der Waals surface area contributed by atoms with Crippen molar-refractivity contribution in [3.8, 4) is 17.3 Å². The number of likely N-dealkylation sites (tertiary alicyclic amines) is 1. The Morgan fingerprint density at radius 1 is 1.08 bits per heavy atom. The van der Waals surface area contributed by atoms with E-state index < -0.39 is 17.7 Å². The number of piperidine rings is 1. The minimum absolute atomic E-state index is 0.437. The molecule has 2 N–H and O–H groups in total. The first kappa shape index (κ1) is 23.1. The molecule has 0 aliphatic carbocycles. The molecule has 2 aromatic carbocycles. The maximum atomic E-state index is 13.6. The summed E-state index contributed by atoms with van der Waals surface area (Å²) in [4.78, 5) is 13.3. The van der Waals surface area contributed by atoms with Crippen molar-refractivity contribution in [2.45, 2.75) is 39.0 Å². The number of imidazole rings is 1. The van der Waals surface area contributed by atoms with Gasteiger partial charge in [-0.15, -0.1) is 0 Å². The average Bonchev–Trinajstić information content (AvgIpc) is 3.52. The van der Waals surface area contributed by atoms with Gasteiger partial charge in [-0.2, -0.15) is 5.10 Å². The molecule has 0 spiro atoms. The molecule has 36 heavy (non-hydrogen) atoms. The van der Waals surface area contributed by atoms with Crippen molar-refractivity contribution >= 4 is 10.9 Å². The summed E-state index contributed by atoms with van der Waals surface area (Å²) in [5, 5.41) is 8.45. The number of aromatic nitrogens is 4. The standard InChI is InChI=1S/C27H30F2N6O/c1-16(18-9-19(28)11-20(29)10-18)36-21-3-4-23-22(12-21)26(33-32-23)27-30-24-14-35(15-25(24)31-27)13-17-5-7-34(2)8-6-17/h3-4,9-12,16-17H,5-8,13-15H2,1-2H3,(H,30,31)(H,32,33). The lowest BCUT2D eigenvalue weighted by Gasteiger charge is -2.31. The molecule has 188 valence electrons. The van der Waals surface area contributed by atoms with Crippen molar-refractivity contribution in [1.29, 1.82) is 0 Å². The van der Waals surface area contributed by atoms with Crippen molar-refractivity contribution in [3.05, 3.63) is 65.0 Å². The first-order chi connectivity index (χ1) is 17.4. The summed E-state index contributed by atoms with van der Waals surface area (Å²) in [5.41, 5.74) is 4.28. The fraction of sp³-hybridized carbons (Fsp3) is 0.407. The Morgan fingerprint density at radius 3 is 2.61 bits per heavy atom. The molecular weight excluding hydrogens is 462 g/mol. The predicted octanol–water partition coefficient (Wildman–Crippen LogP) is 5.03. The van der Waals surface area contributed by atoms with E-state index in [2.05, 4.69) is 32.0 Å². The first-order valence-electron chi connectivity index (χ1n) is 12.5. The van der Waals surface area contributed by atoms with E-state index in [9.17, 15) is 8.78 Å². The van der Waals surface area contributed by atoms with Crippen molar-refractivity contribution in [1.82, 2.24) is 30.0 Å². The normalized spacial score (nSPS) is 18.1. The molecule has 4 aromatic rings. The number of ether oxygens (including phenoxy) is 1. The zero-order valence-corrected chi connectivity index (χ0v) is 20.5. The summed E-state index contributed by atoms with van der Waals surface area (Å²) in [5.74, 6) is 0.838. The highest BCUT2D eigenvalue weighted by atomic mass is 19.1. The molecule has 2 aliphatic heterocycles. The van der Waals surface area contributed by atoms with E-state index in [0.717, 1.165) is 65.4 Å². The Labute approximate surface area is 208 Å². The summed E-state index contributed by atoms with van der Waals surface area (Å²) in [6.07, 6.45) is 2.00. The van der Waals surface area contributed by atoms with Crippen LogP contribution in [0.1, 0.15) is 42.8 Å². The molecule has 0 radical (unpaired) electrons. The SMILES string of the molecule is CC(Oc1ccc2[nH]nc(-c3nc4c([nH]3)CN(CC3CCN(C)CC3)C4)c2c1)c1cc(F)cc(F)c1. The van der Waals surface area contributed by atoms with Gasteiger partial charge in [-0.1, -0.05) is 0 Å². The monoisotopic (exact) mass is 492 g/mol. The zero-order valence-electron chi connectivity index (χ0n) is 20.5. The maximum Gasteiger partial charge on any atom is 0.159 e. The van der Waals surface area contributed by atoms with Crippen LogP contribution in [-0.2, 0) is 13.1 Å². The minimum atomic E-state index is -0.621. The van der Waals surface area contributed by atoms with Gasteiger partial charge in [0.25, 0.3) is 0 Å². The summed E-state index contributed by atoms with van der Waals surface area (Å²) in [6.45, 7) is 6.99. The van der Waals surface area contributed by atoms with Gasteiger partial charge in [0.2, 0.25) is 0 Å². The Hall–Kier alpha value is -3.30. The summed E-state index contributed by atoms with van der Waals surface area (Å²) >= 11 is 0. The smallest absolute Gasteiger partial charge is 0.159 e. The van der Waals surface area contributed by atoms with Crippen LogP contribution in [0.5, 0.6) is 5.75 Å². The third-order valence-electron chi connectivity index (χ3n) is 7.40. The van der Waals surface area contributed by atoms with Gasteiger partial charge in [-0.05, 0) is 81.7 Å². The van der Waals surface area contributed by atoms with Gasteiger partial charge >= 0.3 is 0 Å². The number of aromatic amines is 2. The Bertz CT molecular complexity index is 1350. The molecule has 0 bridgehead atoms. The van der Waals surface area contributed by atoms with Crippen LogP contribution in [-0.4, -0.2) is 56.6 Å². The van der Waals surface area contributed by atoms with Crippen LogP contribution in [0.3, 0.4) is 0 Å². The van der Waals surface area contributed by atoms with Crippen molar-refractivity contribution in [2.75, 3.05) is 26.7 Å². The Kier molecular flexibility index (Phi) is 5.97. The number of nitrogens with zero attached hydrogens (tertiary/aromatic N) is 4. The van der Waals surface area contributed by atoms with Gasteiger partial charge in [0.1, 0.15) is 29.2 Å². The second kappa shape index (κ2) is 9.29. The molecule has 1 unspecified atom stereocenters. The number of hydrogen-bond acceptors (Lipinski definition) is 5. The van der Waals surface area contributed by atoms with Crippen LogP contribution in [0.2, 0.25) is 0 Å². The van der Waals surface area contributed by atoms with Crippen LogP contribution >= 0.6 is 0 Å². The van der Waals surface area contributed by atoms with Gasteiger partial charge in [0.15, 0.2) is 5.82 Å². The fourth-order valence-corrected chi connectivity index (χ4v) is 5.38. The summed E-state index contributed by atoms with van der Waals surface area (Å²) in [6, 6.07) is 9.03. The van der Waals surface area contributed by atoms with Gasteiger partial charge in [0.05, 0.1) is 16.9 Å². The summed E-state index contributed by atoms with van der Waals surface area (Å²) in [7, 11) is 2.20. The van der Waals surface area contributed by atoms with E-state index in [1.807, 2.05) is 18.2 Å². The number of halogens is 2. The third kappa shape index (κ3) is 4.60. The van der Waals surface area contributed by atoms with E-state index in [4.69, 9.17) is 9.72 Å². The maximum absolute atomic E-state index is 13.6. The van der Waals surface area contributed by atoms with Gasteiger partial charge in [0, 0.05) is 31.1 Å². The third-order valence-corrected chi connectivity index (χ3v) is 7.40. The lowest BCUT2D eigenvalue weighted by atomic mass is 9.97. The molecular formula is C27H30F2N6O. The van der Waals surface area contributed by atoms with Crippen LogP contribution in [0.25, 0.3) is 22.4 Å². The molecule has 0 saturated carbocycles. The van der Waals surface area contributed by atoms with E-state index in [1.165, 1.54) is 38.1 Å². The van der Waals surface area contributed by atoms with E-state index in [-0.39, 0.29) is 0 Å². The molecule has 4 heterocycles. The molecule has 2 aliphatic rings. The minimum Gasteiger partial charge on any atom is -0.486 e. The lowest BCUT2D eigenvalue weighted by molar-refractivity contribution is 0.159. The Morgan fingerprint density at radius 2 is 1.86 bits per heavy atom. The highest BCUT2D eigenvalue weighted by Gasteiger charge is 2.28. The molecule has 0 amide bonds. The average molecular weight is 493 g/mol. The fourth-order valence-electron chi connectivity index (χ4n) is 5.38. The van der Waals surface area contributed by atoms with Crippen molar-refractivity contribution in [3.63, 3.8) is 0 Å². The lowest BCUT2D eigenvalue weighted by Crippen LogP contribution is -2.35. The van der Waals surface area contributed by atoms with Crippen LogP contribution in [0, 0.1) is 17.6 Å². The first-order valence-corrected chi connectivity index (χ1v) is 12.5. The van der Waals surface area contributed by atoms with Crippen LogP contribution in [0.15, 0.2) is 36.4 Å². The molecule has 1 fully saturated rings. The molecule has 1 saturated heterocycles. The molecule has 6 rings (SSSR count). The van der Waals surface area contributed by atoms with E-state index in [1.54, 1.807) is 6.92 Å². The van der Waals surface area contributed by atoms with E-state index in [0.29, 0.717) is 11.3 Å². The molecule has 2 aromatic heterocycles. The highest BCUT2D eigenvalue weighted by molar-refractivity contribution is 5.92. The second-order valence-electron chi connectivity index (χ2n) is 10.2. The highest BCUT2D eigenvalue weighted by Crippen LogP contribution is 2.33. The van der Waals surface area contributed by atoms with Crippen molar-refractivity contribution in [2.24, 2.45) is 5.92 Å². The van der Waals surface area contributed by atoms with E-state index >= 15 is 0 Å².